The van der Waals surface area contributed by atoms with E-state index >= 15 is 0 Å². The van der Waals surface area contributed by atoms with Crippen LogP contribution in [0.2, 0.25) is 0 Å². The summed E-state index contributed by atoms with van der Waals surface area (Å²) in [5, 5.41) is 0. The Bertz CT molecular complexity index is 951. The Morgan fingerprint density at radius 1 is 1.14 bits per heavy atom. The van der Waals surface area contributed by atoms with Gasteiger partial charge in [-0.1, -0.05) is 50.6 Å². The standard InChI is InChI=1S/C28H41N3O3.C2H6/c1-7-9-11-21(3)19-29-13-10-12-24-16-22(4)27-23(17-25(33-5)18-26(27)34-6)20-31(24)28(32)30(8-2)15-14-29;1-2/h7,9,11,16-18,22H,8,10,12-15,19-20H2,1-6H3;1-2H3/b9-7-,21-11+;. The van der Waals surface area contributed by atoms with Gasteiger partial charge in [0, 0.05) is 49.4 Å². The summed E-state index contributed by atoms with van der Waals surface area (Å²) in [6.45, 7) is 17.2. The van der Waals surface area contributed by atoms with Gasteiger partial charge in [0.05, 0.1) is 20.8 Å². The molecular formula is C30H47N3O3. The number of carbonyl (C=O) groups excluding carboxylic acids is 1. The summed E-state index contributed by atoms with van der Waals surface area (Å²) in [5.74, 6) is 1.71. The van der Waals surface area contributed by atoms with Gasteiger partial charge in [0.15, 0.2) is 0 Å². The van der Waals surface area contributed by atoms with Crippen LogP contribution >= 0.6 is 0 Å². The maximum absolute atomic E-state index is 13.8. The summed E-state index contributed by atoms with van der Waals surface area (Å²) in [4.78, 5) is 20.2. The number of ether oxygens (including phenoxy) is 2. The van der Waals surface area contributed by atoms with Crippen LogP contribution in [0, 0.1) is 0 Å². The van der Waals surface area contributed by atoms with E-state index in [0.29, 0.717) is 13.1 Å². The fourth-order valence-electron chi connectivity index (χ4n) is 4.97. The molecule has 0 bridgehead atoms. The van der Waals surface area contributed by atoms with Gasteiger partial charge in [-0.25, -0.2) is 4.79 Å². The lowest BCUT2D eigenvalue weighted by molar-refractivity contribution is 0.150. The molecule has 2 aliphatic heterocycles. The Hall–Kier alpha value is -2.73. The highest BCUT2D eigenvalue weighted by molar-refractivity contribution is 5.77. The minimum atomic E-state index is 0.0821. The van der Waals surface area contributed by atoms with Crippen LogP contribution in [0.3, 0.4) is 0 Å². The minimum absolute atomic E-state index is 0.0821. The van der Waals surface area contributed by atoms with Gasteiger partial charge in [-0.15, -0.1) is 0 Å². The Morgan fingerprint density at radius 2 is 1.89 bits per heavy atom. The molecule has 36 heavy (non-hydrogen) atoms. The van der Waals surface area contributed by atoms with Crippen molar-refractivity contribution in [3.8, 4) is 11.5 Å². The van der Waals surface area contributed by atoms with Crippen LogP contribution in [0.5, 0.6) is 11.5 Å². The predicted molar refractivity (Wildman–Crippen MR) is 150 cm³/mol. The number of allylic oxidation sites excluding steroid dienone is 5. The Balaban J connectivity index is 0.00000222. The number of urea groups is 1. The first kappa shape index (κ1) is 29.5. The van der Waals surface area contributed by atoms with Crippen molar-refractivity contribution in [3.05, 3.63) is 58.8 Å². The molecule has 0 aliphatic carbocycles. The lowest BCUT2D eigenvalue weighted by Crippen LogP contribution is -2.46. The second-order valence-corrected chi connectivity index (χ2v) is 9.22. The molecule has 1 saturated heterocycles. The first-order chi connectivity index (χ1) is 17.4. The summed E-state index contributed by atoms with van der Waals surface area (Å²) in [6.07, 6.45) is 10.5. The average molecular weight is 498 g/mol. The number of nitrogens with zero attached hydrogens (tertiary/aromatic N) is 3. The van der Waals surface area contributed by atoms with Crippen molar-refractivity contribution in [2.45, 2.75) is 66.8 Å². The molecule has 2 aliphatic rings. The second-order valence-electron chi connectivity index (χ2n) is 9.22. The van der Waals surface area contributed by atoms with E-state index in [1.54, 1.807) is 14.2 Å². The summed E-state index contributed by atoms with van der Waals surface area (Å²) in [6, 6.07) is 4.07. The largest absolute Gasteiger partial charge is 0.497 e. The molecule has 0 saturated carbocycles. The van der Waals surface area contributed by atoms with E-state index in [9.17, 15) is 4.79 Å². The van der Waals surface area contributed by atoms with Gasteiger partial charge in [0.25, 0.3) is 0 Å². The van der Waals surface area contributed by atoms with Crippen molar-refractivity contribution in [3.63, 3.8) is 0 Å². The number of carbonyl (C=O) groups is 1. The number of hydrogen-bond donors (Lipinski definition) is 0. The lowest BCUT2D eigenvalue weighted by Gasteiger charge is -2.35. The van der Waals surface area contributed by atoms with Gasteiger partial charge < -0.3 is 14.4 Å². The highest BCUT2D eigenvalue weighted by Crippen LogP contribution is 2.39. The Morgan fingerprint density at radius 3 is 2.53 bits per heavy atom. The van der Waals surface area contributed by atoms with Crippen molar-refractivity contribution in [2.75, 3.05) is 46.9 Å². The summed E-state index contributed by atoms with van der Waals surface area (Å²) in [5.41, 5.74) is 4.67. The normalized spacial score (nSPS) is 19.6. The van der Waals surface area contributed by atoms with E-state index in [4.69, 9.17) is 9.47 Å². The van der Waals surface area contributed by atoms with E-state index in [1.807, 2.05) is 36.6 Å². The maximum Gasteiger partial charge on any atom is 0.324 e. The molecule has 0 N–H and O–H groups in total. The third kappa shape index (κ3) is 7.39. The first-order valence-corrected chi connectivity index (χ1v) is 13.4. The average Bonchev–Trinajstić information content (AvgIpc) is 3.03. The molecule has 6 heteroatoms. The fraction of sp³-hybridized carbons (Fsp3) is 0.567. The van der Waals surface area contributed by atoms with Crippen molar-refractivity contribution < 1.29 is 14.3 Å². The SMILES string of the molecule is C/C=C\C=C(/C)CN1CCCC2=CC(C)c3c(cc(OC)cc3OC)CN2C(=O)N(CC)CC1.CC. The van der Waals surface area contributed by atoms with Gasteiger partial charge >= 0.3 is 6.03 Å². The highest BCUT2D eigenvalue weighted by atomic mass is 16.5. The van der Waals surface area contributed by atoms with Crippen LogP contribution in [0.4, 0.5) is 4.79 Å². The molecule has 0 aromatic heterocycles. The number of rotatable bonds is 6. The van der Waals surface area contributed by atoms with Crippen LogP contribution in [0.1, 0.15) is 71.4 Å². The zero-order valence-electron chi connectivity index (χ0n) is 23.8. The molecule has 1 aromatic rings. The molecule has 6 nitrogen and oxygen atoms in total. The quantitative estimate of drug-likeness (QED) is 0.416. The monoisotopic (exact) mass is 497 g/mol. The van der Waals surface area contributed by atoms with E-state index in [0.717, 1.165) is 67.3 Å². The predicted octanol–water partition coefficient (Wildman–Crippen LogP) is 6.59. The fourth-order valence-corrected chi connectivity index (χ4v) is 4.97. The smallest absolute Gasteiger partial charge is 0.324 e. The van der Waals surface area contributed by atoms with Gasteiger partial charge in [-0.3, -0.25) is 9.80 Å². The number of benzene rings is 1. The molecule has 2 amide bonds. The van der Waals surface area contributed by atoms with E-state index in [1.165, 1.54) is 5.57 Å². The van der Waals surface area contributed by atoms with Crippen molar-refractivity contribution >= 4 is 6.03 Å². The third-order valence-corrected chi connectivity index (χ3v) is 6.75. The number of fused-ring (bicyclic) bond motifs is 2. The molecule has 1 atom stereocenters. The van der Waals surface area contributed by atoms with Gasteiger partial charge in [0.2, 0.25) is 0 Å². The maximum atomic E-state index is 13.8. The van der Waals surface area contributed by atoms with Crippen LogP contribution < -0.4 is 9.47 Å². The summed E-state index contributed by atoms with van der Waals surface area (Å²) < 4.78 is 11.3. The van der Waals surface area contributed by atoms with Crippen molar-refractivity contribution in [1.29, 1.82) is 0 Å². The molecule has 0 spiro atoms. The second kappa shape index (κ2) is 14.7. The van der Waals surface area contributed by atoms with Gasteiger partial charge in [-0.2, -0.15) is 0 Å². The molecule has 3 rings (SSSR count). The summed E-state index contributed by atoms with van der Waals surface area (Å²) >= 11 is 0. The molecular weight excluding hydrogens is 450 g/mol. The van der Waals surface area contributed by atoms with Crippen LogP contribution in [0.25, 0.3) is 0 Å². The molecule has 2 heterocycles. The zero-order valence-corrected chi connectivity index (χ0v) is 23.8. The van der Waals surface area contributed by atoms with Gasteiger partial charge in [-0.05, 0) is 51.8 Å². The number of hydrogen-bond acceptors (Lipinski definition) is 4. The van der Waals surface area contributed by atoms with E-state index in [2.05, 4.69) is 56.0 Å². The van der Waals surface area contributed by atoms with E-state index < -0.39 is 0 Å². The Kier molecular flexibility index (Phi) is 12.1. The minimum Gasteiger partial charge on any atom is -0.497 e. The van der Waals surface area contributed by atoms with Crippen LogP contribution in [-0.2, 0) is 6.54 Å². The topological polar surface area (TPSA) is 45.3 Å². The molecule has 1 aromatic carbocycles. The lowest BCUT2D eigenvalue weighted by atomic mass is 9.94. The Labute approximate surface area is 219 Å². The molecule has 200 valence electrons. The number of methoxy groups -OCH3 is 2. The zero-order chi connectivity index (χ0) is 26.7. The van der Waals surface area contributed by atoms with Crippen LogP contribution in [0.15, 0.2) is 47.7 Å². The van der Waals surface area contributed by atoms with E-state index in [-0.39, 0.29) is 11.9 Å². The number of amides is 2. The third-order valence-electron chi connectivity index (χ3n) is 6.75. The first-order valence-electron chi connectivity index (χ1n) is 13.4. The highest BCUT2D eigenvalue weighted by Gasteiger charge is 2.30. The molecule has 0 radical (unpaired) electrons. The van der Waals surface area contributed by atoms with Crippen molar-refractivity contribution in [1.82, 2.24) is 14.7 Å². The van der Waals surface area contributed by atoms with Crippen LogP contribution in [-0.4, -0.2) is 67.7 Å². The summed E-state index contributed by atoms with van der Waals surface area (Å²) in [7, 11) is 3.36. The number of likely N-dealkylation sites (N-methyl/N-ethyl adjacent to an activating group) is 1. The van der Waals surface area contributed by atoms with Crippen molar-refractivity contribution in [2.24, 2.45) is 0 Å². The molecule has 1 fully saturated rings. The molecule has 1 unspecified atom stereocenters. The van der Waals surface area contributed by atoms with Gasteiger partial charge in [0.1, 0.15) is 11.5 Å².